The van der Waals surface area contributed by atoms with Crippen molar-refractivity contribution in [3.63, 3.8) is 0 Å². The van der Waals surface area contributed by atoms with Gasteiger partial charge >= 0.3 is 0 Å². The Labute approximate surface area is 111 Å². The van der Waals surface area contributed by atoms with Gasteiger partial charge in [0.25, 0.3) is 0 Å². The third-order valence-corrected chi connectivity index (χ3v) is 3.70. The normalized spacial score (nSPS) is 12.4. The van der Waals surface area contributed by atoms with E-state index in [-0.39, 0.29) is 6.04 Å². The summed E-state index contributed by atoms with van der Waals surface area (Å²) in [7, 11) is 0. The highest BCUT2D eigenvalue weighted by Crippen LogP contribution is 2.15. The van der Waals surface area contributed by atoms with Crippen molar-refractivity contribution in [3.05, 3.63) is 40.0 Å². The molecule has 0 amide bonds. The molecule has 2 heterocycles. The maximum atomic E-state index is 5.76. The summed E-state index contributed by atoms with van der Waals surface area (Å²) in [4.78, 5) is 9.70. The van der Waals surface area contributed by atoms with Gasteiger partial charge in [0.15, 0.2) is 0 Å². The van der Waals surface area contributed by atoms with Crippen LogP contribution in [0.5, 0.6) is 5.88 Å². The molecule has 5 heteroatoms. The van der Waals surface area contributed by atoms with Crippen molar-refractivity contribution >= 4 is 11.3 Å². The lowest BCUT2D eigenvalue weighted by Crippen LogP contribution is -2.06. The van der Waals surface area contributed by atoms with Crippen LogP contribution in [-0.2, 0) is 6.42 Å². The van der Waals surface area contributed by atoms with Crippen molar-refractivity contribution in [1.29, 1.82) is 0 Å². The van der Waals surface area contributed by atoms with Crippen LogP contribution in [0.15, 0.2) is 23.8 Å². The number of ether oxygens (including phenoxy) is 1. The predicted octanol–water partition coefficient (Wildman–Crippen LogP) is 2.49. The molecule has 0 aliphatic heterocycles. The zero-order valence-electron chi connectivity index (χ0n) is 10.6. The van der Waals surface area contributed by atoms with Crippen LogP contribution in [0, 0.1) is 6.92 Å². The highest BCUT2D eigenvalue weighted by molar-refractivity contribution is 7.09. The first-order valence-electron chi connectivity index (χ1n) is 5.90. The average molecular weight is 263 g/mol. The first-order chi connectivity index (χ1) is 8.66. The predicted molar refractivity (Wildman–Crippen MR) is 72.9 cm³/mol. The Kier molecular flexibility index (Phi) is 4.28. The van der Waals surface area contributed by atoms with Gasteiger partial charge in [0.2, 0.25) is 5.88 Å². The second kappa shape index (κ2) is 5.93. The molecule has 2 rings (SSSR count). The van der Waals surface area contributed by atoms with Crippen molar-refractivity contribution in [3.8, 4) is 5.88 Å². The number of nitrogens with zero attached hydrogens (tertiary/aromatic N) is 2. The van der Waals surface area contributed by atoms with Gasteiger partial charge in [-0.05, 0) is 19.4 Å². The Morgan fingerprint density at radius 3 is 2.78 bits per heavy atom. The number of aryl methyl sites for hydroxylation is 1. The molecule has 2 aromatic rings. The summed E-state index contributed by atoms with van der Waals surface area (Å²) >= 11 is 1.66. The quantitative estimate of drug-likeness (QED) is 0.900. The molecule has 0 fully saturated rings. The van der Waals surface area contributed by atoms with Crippen molar-refractivity contribution in [1.82, 2.24) is 9.97 Å². The molecular formula is C13H17N3OS. The van der Waals surface area contributed by atoms with E-state index in [2.05, 4.69) is 9.97 Å². The third kappa shape index (κ3) is 3.27. The molecule has 0 radical (unpaired) electrons. The number of nitrogens with two attached hydrogens (primary N) is 1. The zero-order chi connectivity index (χ0) is 13.0. The van der Waals surface area contributed by atoms with Crippen LogP contribution in [0.2, 0.25) is 0 Å². The Morgan fingerprint density at radius 1 is 1.39 bits per heavy atom. The smallest absolute Gasteiger partial charge is 0.213 e. The van der Waals surface area contributed by atoms with E-state index >= 15 is 0 Å². The van der Waals surface area contributed by atoms with E-state index < -0.39 is 0 Å². The van der Waals surface area contributed by atoms with Crippen molar-refractivity contribution in [2.24, 2.45) is 5.73 Å². The minimum absolute atomic E-state index is 0.00592. The number of pyridine rings is 1. The van der Waals surface area contributed by atoms with Gasteiger partial charge < -0.3 is 10.5 Å². The molecule has 18 heavy (non-hydrogen) atoms. The minimum Gasteiger partial charge on any atom is -0.477 e. The summed E-state index contributed by atoms with van der Waals surface area (Å²) in [5, 5.41) is 0. The van der Waals surface area contributed by atoms with Gasteiger partial charge in [0, 0.05) is 29.6 Å². The summed E-state index contributed by atoms with van der Waals surface area (Å²) < 4.78 is 5.60. The third-order valence-electron chi connectivity index (χ3n) is 2.71. The second-order valence-corrected chi connectivity index (χ2v) is 5.12. The Morgan fingerprint density at radius 2 is 2.22 bits per heavy atom. The fraction of sp³-hybridized carbons (Fsp3) is 0.385. The molecule has 0 aromatic carbocycles. The van der Waals surface area contributed by atoms with Gasteiger partial charge in [-0.3, -0.25) is 0 Å². The van der Waals surface area contributed by atoms with Crippen molar-refractivity contribution in [2.75, 3.05) is 6.61 Å². The summed E-state index contributed by atoms with van der Waals surface area (Å²) in [5.74, 6) is 0.640. The van der Waals surface area contributed by atoms with E-state index in [0.29, 0.717) is 12.5 Å². The number of hydrogen-bond acceptors (Lipinski definition) is 5. The van der Waals surface area contributed by atoms with Crippen molar-refractivity contribution in [2.45, 2.75) is 26.3 Å². The highest BCUT2D eigenvalue weighted by Gasteiger charge is 2.03. The average Bonchev–Trinajstić information content (AvgIpc) is 2.76. The van der Waals surface area contributed by atoms with Crippen molar-refractivity contribution < 1.29 is 4.74 Å². The Balaban J connectivity index is 1.85. The van der Waals surface area contributed by atoms with Crippen LogP contribution in [0.1, 0.15) is 29.1 Å². The van der Waals surface area contributed by atoms with Crippen LogP contribution in [0.25, 0.3) is 0 Å². The van der Waals surface area contributed by atoms with E-state index in [4.69, 9.17) is 10.5 Å². The molecule has 0 aliphatic carbocycles. The molecule has 2 N–H and O–H groups in total. The molecule has 2 aromatic heterocycles. The summed E-state index contributed by atoms with van der Waals surface area (Å²) in [6, 6.07) is 3.81. The summed E-state index contributed by atoms with van der Waals surface area (Å²) in [5.41, 5.74) is 9.72. The monoisotopic (exact) mass is 263 g/mol. The number of thiazole rings is 1. The molecule has 0 saturated carbocycles. The van der Waals surface area contributed by atoms with Gasteiger partial charge in [0.05, 0.1) is 17.8 Å². The Hall–Kier alpha value is -1.46. The van der Waals surface area contributed by atoms with Gasteiger partial charge in [-0.1, -0.05) is 6.07 Å². The minimum atomic E-state index is 0.00592. The number of rotatable bonds is 5. The van der Waals surface area contributed by atoms with E-state index in [1.54, 1.807) is 17.5 Å². The lowest BCUT2D eigenvalue weighted by atomic mass is 10.2. The summed E-state index contributed by atoms with van der Waals surface area (Å²) in [6.07, 6.45) is 2.63. The van der Waals surface area contributed by atoms with E-state index in [9.17, 15) is 0 Å². The second-order valence-electron chi connectivity index (χ2n) is 4.18. The first kappa shape index (κ1) is 13.0. The largest absolute Gasteiger partial charge is 0.477 e. The fourth-order valence-corrected chi connectivity index (χ4v) is 2.32. The molecule has 0 bridgehead atoms. The SMILES string of the molecule is Cc1ncsc1CCOc1ccc([C@H](C)N)cn1. The number of aromatic nitrogens is 2. The highest BCUT2D eigenvalue weighted by atomic mass is 32.1. The van der Waals surface area contributed by atoms with Crippen LogP contribution in [0.4, 0.5) is 0 Å². The van der Waals surface area contributed by atoms with E-state index in [0.717, 1.165) is 17.7 Å². The molecule has 0 saturated heterocycles. The molecule has 0 aliphatic rings. The lowest BCUT2D eigenvalue weighted by molar-refractivity contribution is 0.310. The maximum Gasteiger partial charge on any atom is 0.213 e. The van der Waals surface area contributed by atoms with Crippen LogP contribution < -0.4 is 10.5 Å². The molecule has 0 unspecified atom stereocenters. The van der Waals surface area contributed by atoms with Gasteiger partial charge in [-0.2, -0.15) is 0 Å². The topological polar surface area (TPSA) is 61.0 Å². The molecule has 1 atom stereocenters. The lowest BCUT2D eigenvalue weighted by Gasteiger charge is -2.07. The molecule has 96 valence electrons. The summed E-state index contributed by atoms with van der Waals surface area (Å²) in [6.45, 7) is 4.57. The van der Waals surface area contributed by atoms with E-state index in [1.807, 2.05) is 31.5 Å². The maximum absolute atomic E-state index is 5.76. The van der Waals surface area contributed by atoms with Crippen LogP contribution >= 0.6 is 11.3 Å². The van der Waals surface area contributed by atoms with Crippen LogP contribution in [0.3, 0.4) is 0 Å². The van der Waals surface area contributed by atoms with E-state index in [1.165, 1.54) is 4.88 Å². The molecule has 0 spiro atoms. The standard InChI is InChI=1S/C13H17N3OS/c1-9(14)11-3-4-13(15-7-11)17-6-5-12-10(2)16-8-18-12/h3-4,7-9H,5-6,14H2,1-2H3/t9-/m0/s1. The molecular weight excluding hydrogens is 246 g/mol. The zero-order valence-corrected chi connectivity index (χ0v) is 11.4. The van der Waals surface area contributed by atoms with Gasteiger partial charge in [-0.15, -0.1) is 11.3 Å². The van der Waals surface area contributed by atoms with Gasteiger partial charge in [0.1, 0.15) is 0 Å². The Bertz CT molecular complexity index is 493. The number of hydrogen-bond donors (Lipinski definition) is 1. The van der Waals surface area contributed by atoms with Crippen LogP contribution in [-0.4, -0.2) is 16.6 Å². The van der Waals surface area contributed by atoms with Gasteiger partial charge in [-0.25, -0.2) is 9.97 Å². The fourth-order valence-electron chi connectivity index (χ4n) is 1.56. The molecule has 4 nitrogen and oxygen atoms in total. The first-order valence-corrected chi connectivity index (χ1v) is 6.78.